The van der Waals surface area contributed by atoms with Crippen molar-refractivity contribution in [3.05, 3.63) is 107 Å². The van der Waals surface area contributed by atoms with Gasteiger partial charge in [0.2, 0.25) is 11.8 Å². The molecule has 3 aromatic carbocycles. The number of nitrogens with one attached hydrogen (secondary N) is 1. The average Bonchev–Trinajstić information content (AvgIpc) is 2.87. The molecule has 0 bridgehead atoms. The lowest BCUT2D eigenvalue weighted by Crippen LogP contribution is -2.51. The first-order valence-corrected chi connectivity index (χ1v) is 13.4. The third kappa shape index (κ3) is 8.75. The van der Waals surface area contributed by atoms with Crippen LogP contribution in [0, 0.1) is 5.92 Å². The van der Waals surface area contributed by atoms with Crippen LogP contribution in [0.5, 0.6) is 0 Å². The Labute approximate surface area is 218 Å². The highest BCUT2D eigenvalue weighted by molar-refractivity contribution is 7.99. The molecule has 2 amide bonds. The lowest BCUT2D eigenvalue weighted by Gasteiger charge is -2.32. The van der Waals surface area contributed by atoms with Gasteiger partial charge in [-0.1, -0.05) is 104 Å². The van der Waals surface area contributed by atoms with E-state index in [9.17, 15) is 9.59 Å². The predicted molar refractivity (Wildman–Crippen MR) is 146 cm³/mol. The first-order chi connectivity index (χ1) is 16.9. The number of rotatable bonds is 12. The first-order valence-electron chi connectivity index (χ1n) is 11.9. The Morgan fingerprint density at radius 2 is 1.49 bits per heavy atom. The van der Waals surface area contributed by atoms with Crippen molar-refractivity contribution in [3.63, 3.8) is 0 Å². The van der Waals surface area contributed by atoms with Crippen molar-refractivity contribution in [2.24, 2.45) is 5.92 Å². The summed E-state index contributed by atoms with van der Waals surface area (Å²) < 4.78 is 0. The summed E-state index contributed by atoms with van der Waals surface area (Å²) in [6.45, 7) is 4.94. The van der Waals surface area contributed by atoms with Gasteiger partial charge in [0.05, 0.1) is 5.75 Å². The fourth-order valence-corrected chi connectivity index (χ4v) is 4.77. The van der Waals surface area contributed by atoms with E-state index in [0.29, 0.717) is 23.9 Å². The van der Waals surface area contributed by atoms with Gasteiger partial charge < -0.3 is 10.2 Å². The van der Waals surface area contributed by atoms with Crippen molar-refractivity contribution in [2.45, 2.75) is 38.6 Å². The standard InChI is InChI=1S/C29H33ClN2O2S/c1-22(2)18-31-29(34)27(17-23-11-5-3-6-12-23)32(19-25-15-9-10-16-26(25)30)28(33)21-35-20-24-13-7-4-8-14-24/h3-16,22,27H,17-21H2,1-2H3,(H,31,34). The maximum Gasteiger partial charge on any atom is 0.243 e. The smallest absolute Gasteiger partial charge is 0.243 e. The summed E-state index contributed by atoms with van der Waals surface area (Å²) in [5.74, 6) is 1.10. The van der Waals surface area contributed by atoms with E-state index in [1.807, 2.05) is 72.8 Å². The van der Waals surface area contributed by atoms with Crippen molar-refractivity contribution in [1.29, 1.82) is 0 Å². The largest absolute Gasteiger partial charge is 0.354 e. The molecule has 0 aromatic heterocycles. The summed E-state index contributed by atoms with van der Waals surface area (Å²) in [5, 5.41) is 3.63. The molecule has 3 rings (SSSR count). The van der Waals surface area contributed by atoms with Gasteiger partial charge in [-0.3, -0.25) is 9.59 Å². The lowest BCUT2D eigenvalue weighted by molar-refractivity contribution is -0.139. The van der Waals surface area contributed by atoms with Crippen molar-refractivity contribution < 1.29 is 9.59 Å². The molecule has 0 heterocycles. The molecule has 6 heteroatoms. The molecule has 0 aliphatic heterocycles. The summed E-state index contributed by atoms with van der Waals surface area (Å²) in [6.07, 6.45) is 0.435. The van der Waals surface area contributed by atoms with Crippen LogP contribution < -0.4 is 5.32 Å². The quantitative estimate of drug-likeness (QED) is 0.327. The van der Waals surface area contributed by atoms with E-state index in [4.69, 9.17) is 11.6 Å². The highest BCUT2D eigenvalue weighted by Gasteiger charge is 2.30. The molecule has 1 unspecified atom stereocenters. The summed E-state index contributed by atoms with van der Waals surface area (Å²) in [6, 6.07) is 26.8. The van der Waals surface area contributed by atoms with Gasteiger partial charge in [-0.25, -0.2) is 0 Å². The summed E-state index contributed by atoms with van der Waals surface area (Å²) in [7, 11) is 0. The second kappa shape index (κ2) is 14.0. The predicted octanol–water partition coefficient (Wildman–Crippen LogP) is 5.99. The van der Waals surface area contributed by atoms with Crippen LogP contribution >= 0.6 is 23.4 Å². The first kappa shape index (κ1) is 26.8. The molecule has 4 nitrogen and oxygen atoms in total. The van der Waals surface area contributed by atoms with Crippen LogP contribution in [0.15, 0.2) is 84.9 Å². The van der Waals surface area contributed by atoms with Gasteiger partial charge in [-0.05, 0) is 28.7 Å². The van der Waals surface area contributed by atoms with E-state index in [1.165, 1.54) is 5.56 Å². The fourth-order valence-electron chi connectivity index (χ4n) is 3.70. The minimum Gasteiger partial charge on any atom is -0.354 e. The topological polar surface area (TPSA) is 49.4 Å². The number of hydrogen-bond acceptors (Lipinski definition) is 3. The van der Waals surface area contributed by atoms with Crippen LogP contribution in [0.3, 0.4) is 0 Å². The molecule has 0 radical (unpaired) electrons. The Kier molecular flexibility index (Phi) is 10.7. The highest BCUT2D eigenvalue weighted by atomic mass is 35.5. The molecule has 1 N–H and O–H groups in total. The van der Waals surface area contributed by atoms with Crippen molar-refractivity contribution in [3.8, 4) is 0 Å². The zero-order valence-electron chi connectivity index (χ0n) is 20.3. The van der Waals surface area contributed by atoms with Gasteiger partial charge in [-0.15, -0.1) is 11.8 Å². The Morgan fingerprint density at radius 1 is 0.886 bits per heavy atom. The zero-order chi connectivity index (χ0) is 25.0. The molecule has 184 valence electrons. The van der Waals surface area contributed by atoms with E-state index in [2.05, 4.69) is 31.3 Å². The molecule has 0 spiro atoms. The van der Waals surface area contributed by atoms with Crippen LogP contribution in [-0.4, -0.2) is 35.1 Å². The summed E-state index contributed by atoms with van der Waals surface area (Å²) in [4.78, 5) is 28.7. The molecule has 0 aliphatic carbocycles. The number of carbonyl (C=O) groups excluding carboxylic acids is 2. The number of hydrogen-bond donors (Lipinski definition) is 1. The fraction of sp³-hybridized carbons (Fsp3) is 0.310. The molecule has 0 saturated heterocycles. The number of halogens is 1. The van der Waals surface area contributed by atoms with Crippen LogP contribution in [0.4, 0.5) is 0 Å². The zero-order valence-corrected chi connectivity index (χ0v) is 21.9. The van der Waals surface area contributed by atoms with E-state index in [1.54, 1.807) is 16.7 Å². The third-order valence-electron chi connectivity index (χ3n) is 5.59. The van der Waals surface area contributed by atoms with Gasteiger partial charge in [0.25, 0.3) is 0 Å². The van der Waals surface area contributed by atoms with Gasteiger partial charge >= 0.3 is 0 Å². The van der Waals surface area contributed by atoms with Crippen molar-refractivity contribution >= 4 is 35.2 Å². The normalized spacial score (nSPS) is 11.8. The van der Waals surface area contributed by atoms with Crippen LogP contribution in [-0.2, 0) is 28.3 Å². The van der Waals surface area contributed by atoms with Crippen LogP contribution in [0.1, 0.15) is 30.5 Å². The summed E-state index contributed by atoms with van der Waals surface area (Å²) >= 11 is 8.02. The maximum atomic E-state index is 13.6. The second-order valence-corrected chi connectivity index (χ2v) is 10.3. The minimum absolute atomic E-state index is 0.0773. The Morgan fingerprint density at radius 3 is 2.11 bits per heavy atom. The lowest BCUT2D eigenvalue weighted by atomic mass is 10.0. The molecule has 0 saturated carbocycles. The Balaban J connectivity index is 1.85. The molecule has 0 aliphatic rings. The highest BCUT2D eigenvalue weighted by Crippen LogP contribution is 2.22. The van der Waals surface area contributed by atoms with E-state index in [-0.39, 0.29) is 24.1 Å². The monoisotopic (exact) mass is 508 g/mol. The molecule has 3 aromatic rings. The molecule has 35 heavy (non-hydrogen) atoms. The molecular formula is C29H33ClN2O2S. The van der Waals surface area contributed by atoms with Gasteiger partial charge in [-0.2, -0.15) is 0 Å². The maximum absolute atomic E-state index is 13.6. The molecular weight excluding hydrogens is 476 g/mol. The number of carbonyl (C=O) groups is 2. The van der Waals surface area contributed by atoms with Crippen LogP contribution in [0.2, 0.25) is 5.02 Å². The Hall–Kier alpha value is -2.76. The van der Waals surface area contributed by atoms with Gasteiger partial charge in [0.15, 0.2) is 0 Å². The third-order valence-corrected chi connectivity index (χ3v) is 6.95. The number of benzene rings is 3. The van der Waals surface area contributed by atoms with E-state index < -0.39 is 6.04 Å². The Bertz CT molecular complexity index is 1080. The number of amides is 2. The van der Waals surface area contributed by atoms with Crippen molar-refractivity contribution in [2.75, 3.05) is 12.3 Å². The summed E-state index contributed by atoms with van der Waals surface area (Å²) in [5.41, 5.74) is 3.00. The number of nitrogens with zero attached hydrogens (tertiary/aromatic N) is 1. The average molecular weight is 509 g/mol. The molecule has 0 fully saturated rings. The molecule has 1 atom stereocenters. The van der Waals surface area contributed by atoms with E-state index in [0.717, 1.165) is 16.9 Å². The SMILES string of the molecule is CC(C)CNC(=O)C(Cc1ccccc1)N(Cc1ccccc1Cl)C(=O)CSCc1ccccc1. The minimum atomic E-state index is -0.641. The van der Waals surface area contributed by atoms with Gasteiger partial charge in [0, 0.05) is 30.3 Å². The van der Waals surface area contributed by atoms with E-state index >= 15 is 0 Å². The second-order valence-electron chi connectivity index (χ2n) is 8.94. The van der Waals surface area contributed by atoms with Crippen molar-refractivity contribution in [1.82, 2.24) is 10.2 Å². The van der Waals surface area contributed by atoms with Gasteiger partial charge in [0.1, 0.15) is 6.04 Å². The number of thioether (sulfide) groups is 1. The van der Waals surface area contributed by atoms with Crippen LogP contribution in [0.25, 0.3) is 0 Å².